The van der Waals surface area contributed by atoms with Crippen LogP contribution in [0, 0.1) is 5.82 Å². The lowest BCUT2D eigenvalue weighted by molar-refractivity contribution is 0.615. The first kappa shape index (κ1) is 13.8. The summed E-state index contributed by atoms with van der Waals surface area (Å²) in [6.45, 7) is 3.52. The zero-order valence-corrected chi connectivity index (χ0v) is 10.8. The summed E-state index contributed by atoms with van der Waals surface area (Å²) in [5.74, 6) is -0.383. The van der Waals surface area contributed by atoms with Crippen LogP contribution in [-0.4, -0.2) is 11.9 Å². The van der Waals surface area contributed by atoms with E-state index in [1.807, 2.05) is 0 Å². The molecule has 0 radical (unpaired) electrons. The largest absolute Gasteiger partial charge is 0.311 e. The molecule has 1 N–H and O–H groups in total. The number of benzene rings is 1. The van der Waals surface area contributed by atoms with E-state index in [-0.39, 0.29) is 16.2 Å². The smallest absolute Gasteiger partial charge is 0.141 e. The van der Waals surface area contributed by atoms with Crippen LogP contribution in [0.25, 0.3) is 0 Å². The highest BCUT2D eigenvalue weighted by molar-refractivity contribution is 6.30. The van der Waals surface area contributed by atoms with Gasteiger partial charge >= 0.3 is 0 Å². The van der Waals surface area contributed by atoms with E-state index in [1.54, 1.807) is 12.1 Å². The van der Waals surface area contributed by atoms with Gasteiger partial charge in [-0.25, -0.2) is 4.39 Å². The molecule has 0 heterocycles. The van der Waals surface area contributed by atoms with Crippen molar-refractivity contribution in [3.8, 4) is 0 Å². The average Bonchev–Trinajstić information content (AvgIpc) is 2.24. The van der Waals surface area contributed by atoms with Gasteiger partial charge in [-0.3, -0.25) is 0 Å². The van der Waals surface area contributed by atoms with Gasteiger partial charge in [-0.15, -0.1) is 11.6 Å². The summed E-state index contributed by atoms with van der Waals surface area (Å²) in [6.07, 6.45) is 2.08. The molecule has 1 aromatic rings. The zero-order valence-electron chi connectivity index (χ0n) is 9.27. The van der Waals surface area contributed by atoms with Crippen LogP contribution in [0.3, 0.4) is 0 Å². The van der Waals surface area contributed by atoms with Gasteiger partial charge in [0.25, 0.3) is 0 Å². The van der Waals surface area contributed by atoms with E-state index in [4.69, 9.17) is 23.2 Å². The maximum Gasteiger partial charge on any atom is 0.141 e. The zero-order chi connectivity index (χ0) is 12.0. The van der Waals surface area contributed by atoms with Crippen molar-refractivity contribution in [3.63, 3.8) is 0 Å². The van der Waals surface area contributed by atoms with Crippen molar-refractivity contribution < 1.29 is 4.39 Å². The lowest BCUT2D eigenvalue weighted by Crippen LogP contribution is -2.22. The molecule has 0 saturated carbocycles. The first-order valence-corrected chi connectivity index (χ1v) is 6.23. The van der Waals surface area contributed by atoms with Gasteiger partial charge in [0.1, 0.15) is 5.82 Å². The SMILES string of the molecule is CCCC(Cl)CNCc1ccc(F)c(Cl)c1. The van der Waals surface area contributed by atoms with E-state index in [9.17, 15) is 4.39 Å². The lowest BCUT2D eigenvalue weighted by atomic mass is 10.2. The highest BCUT2D eigenvalue weighted by atomic mass is 35.5. The highest BCUT2D eigenvalue weighted by Gasteiger charge is 2.03. The van der Waals surface area contributed by atoms with Crippen LogP contribution in [0.5, 0.6) is 0 Å². The van der Waals surface area contributed by atoms with Gasteiger partial charge in [-0.2, -0.15) is 0 Å². The van der Waals surface area contributed by atoms with E-state index in [0.29, 0.717) is 6.54 Å². The minimum atomic E-state index is -0.383. The first-order valence-electron chi connectivity index (χ1n) is 5.42. The maximum atomic E-state index is 12.9. The first-order chi connectivity index (χ1) is 7.63. The Morgan fingerprint density at radius 1 is 1.44 bits per heavy atom. The molecule has 1 atom stereocenters. The summed E-state index contributed by atoms with van der Waals surface area (Å²) in [5.41, 5.74) is 0.965. The van der Waals surface area contributed by atoms with Crippen molar-refractivity contribution >= 4 is 23.2 Å². The molecule has 0 saturated heterocycles. The highest BCUT2D eigenvalue weighted by Crippen LogP contribution is 2.15. The van der Waals surface area contributed by atoms with Gasteiger partial charge in [-0.1, -0.05) is 31.0 Å². The predicted octanol–water partition coefficient (Wildman–Crippen LogP) is 3.98. The number of alkyl halides is 1. The third-order valence-electron chi connectivity index (χ3n) is 2.28. The molecule has 1 nitrogen and oxygen atoms in total. The van der Waals surface area contributed by atoms with E-state index in [0.717, 1.165) is 24.9 Å². The quantitative estimate of drug-likeness (QED) is 0.766. The summed E-state index contributed by atoms with van der Waals surface area (Å²) >= 11 is 11.7. The second kappa shape index (κ2) is 7.10. The molecule has 0 fully saturated rings. The molecule has 1 aromatic carbocycles. The molecule has 0 amide bonds. The van der Waals surface area contributed by atoms with Gasteiger partial charge in [0, 0.05) is 18.5 Å². The molecule has 4 heteroatoms. The summed E-state index contributed by atoms with van der Waals surface area (Å²) < 4.78 is 12.9. The molecule has 0 aliphatic heterocycles. The van der Waals surface area contributed by atoms with Crippen LogP contribution in [0.2, 0.25) is 5.02 Å². The predicted molar refractivity (Wildman–Crippen MR) is 67.7 cm³/mol. The molecular weight excluding hydrogens is 248 g/mol. The van der Waals surface area contributed by atoms with Crippen LogP contribution in [0.4, 0.5) is 4.39 Å². The van der Waals surface area contributed by atoms with Gasteiger partial charge in [0.05, 0.1) is 5.02 Å². The van der Waals surface area contributed by atoms with E-state index in [1.165, 1.54) is 6.07 Å². The van der Waals surface area contributed by atoms with Gasteiger partial charge in [-0.05, 0) is 24.1 Å². The molecule has 0 aliphatic carbocycles. The fraction of sp³-hybridized carbons (Fsp3) is 0.500. The molecule has 0 aromatic heterocycles. The fourth-order valence-corrected chi connectivity index (χ4v) is 1.97. The van der Waals surface area contributed by atoms with Crippen molar-refractivity contribution in [2.75, 3.05) is 6.54 Å². The molecule has 1 unspecified atom stereocenters. The van der Waals surface area contributed by atoms with Gasteiger partial charge in [0.15, 0.2) is 0 Å². The molecule has 90 valence electrons. The van der Waals surface area contributed by atoms with Crippen molar-refractivity contribution in [1.82, 2.24) is 5.32 Å². The second-order valence-corrected chi connectivity index (χ2v) is 4.79. The monoisotopic (exact) mass is 263 g/mol. The standard InChI is InChI=1S/C12H16Cl2FN/c1-2-3-10(13)8-16-7-9-4-5-12(15)11(14)6-9/h4-6,10,16H,2-3,7-8H2,1H3. The van der Waals surface area contributed by atoms with Gasteiger partial charge < -0.3 is 5.32 Å². The summed E-state index contributed by atoms with van der Waals surface area (Å²) in [5, 5.41) is 3.54. The number of rotatable bonds is 6. The third-order valence-corrected chi connectivity index (χ3v) is 2.94. The van der Waals surface area contributed by atoms with Crippen LogP contribution in [0.1, 0.15) is 25.3 Å². The Bertz CT molecular complexity index is 331. The summed E-state index contributed by atoms with van der Waals surface area (Å²) in [6, 6.07) is 4.73. The average molecular weight is 264 g/mol. The van der Waals surface area contributed by atoms with Crippen molar-refractivity contribution in [2.24, 2.45) is 0 Å². The Kier molecular flexibility index (Phi) is 6.10. The number of hydrogen-bond donors (Lipinski definition) is 1. The Morgan fingerprint density at radius 3 is 2.81 bits per heavy atom. The molecule has 16 heavy (non-hydrogen) atoms. The third kappa shape index (κ3) is 4.69. The summed E-state index contributed by atoms with van der Waals surface area (Å²) in [4.78, 5) is 0. The number of halogens is 3. The van der Waals surface area contributed by atoms with Gasteiger partial charge in [0.2, 0.25) is 0 Å². The van der Waals surface area contributed by atoms with Crippen LogP contribution >= 0.6 is 23.2 Å². The van der Waals surface area contributed by atoms with Crippen molar-refractivity contribution in [3.05, 3.63) is 34.6 Å². The Morgan fingerprint density at radius 2 is 2.19 bits per heavy atom. The van der Waals surface area contributed by atoms with Crippen LogP contribution in [-0.2, 0) is 6.54 Å². The fourth-order valence-electron chi connectivity index (χ4n) is 1.44. The second-order valence-electron chi connectivity index (χ2n) is 3.77. The Hall–Kier alpha value is -0.310. The molecule has 1 rings (SSSR count). The van der Waals surface area contributed by atoms with Crippen LogP contribution < -0.4 is 5.32 Å². The Labute approximate surface area is 106 Å². The lowest BCUT2D eigenvalue weighted by Gasteiger charge is -2.09. The van der Waals surface area contributed by atoms with E-state index < -0.39 is 0 Å². The number of hydrogen-bond acceptors (Lipinski definition) is 1. The molecule has 0 aliphatic rings. The summed E-state index contributed by atoms with van der Waals surface area (Å²) in [7, 11) is 0. The topological polar surface area (TPSA) is 12.0 Å². The van der Waals surface area contributed by atoms with Crippen LogP contribution in [0.15, 0.2) is 18.2 Å². The van der Waals surface area contributed by atoms with E-state index >= 15 is 0 Å². The molecule has 0 spiro atoms. The minimum absolute atomic E-state index is 0.154. The van der Waals surface area contributed by atoms with E-state index in [2.05, 4.69) is 12.2 Å². The minimum Gasteiger partial charge on any atom is -0.311 e. The Balaban J connectivity index is 2.34. The maximum absolute atomic E-state index is 12.9. The normalized spacial score (nSPS) is 12.8. The van der Waals surface area contributed by atoms with Crippen molar-refractivity contribution in [1.29, 1.82) is 0 Å². The molecule has 0 bridgehead atoms. The number of nitrogens with one attached hydrogen (secondary N) is 1. The van der Waals surface area contributed by atoms with Crippen molar-refractivity contribution in [2.45, 2.75) is 31.7 Å². The molecular formula is C12H16Cl2FN.